The first-order valence-electron chi connectivity index (χ1n) is 4.68. The Morgan fingerprint density at radius 3 is 2.62 bits per heavy atom. The highest BCUT2D eigenvalue weighted by Crippen LogP contribution is 2.18. The van der Waals surface area contributed by atoms with Crippen molar-refractivity contribution in [2.75, 3.05) is 14.1 Å². The summed E-state index contributed by atoms with van der Waals surface area (Å²) in [7, 11) is 4.18. The highest BCUT2D eigenvalue weighted by atomic mass is 15.0. The zero-order valence-corrected chi connectivity index (χ0v) is 8.91. The molecule has 1 aromatic rings. The summed E-state index contributed by atoms with van der Waals surface area (Å²) in [5.74, 6) is 0.559. The van der Waals surface area contributed by atoms with Gasteiger partial charge < -0.3 is 4.90 Å². The molecule has 1 heterocycles. The molecule has 13 heavy (non-hydrogen) atoms. The van der Waals surface area contributed by atoms with Crippen molar-refractivity contribution in [1.29, 1.82) is 0 Å². The highest BCUT2D eigenvalue weighted by molar-refractivity contribution is 5.25. The number of aromatic nitrogens is 1. The monoisotopic (exact) mass is 178 g/mol. The predicted octanol–water partition coefficient (Wildman–Crippen LogP) is 2.27. The zero-order valence-electron chi connectivity index (χ0n) is 8.91. The standard InChI is InChI=1S/C11H18N2/c1-9(2)11-7-12-6-5-10(11)8-13(3)4/h5-7,9H,8H2,1-4H3. The molecule has 0 aromatic carbocycles. The molecule has 0 atom stereocenters. The molecule has 0 fully saturated rings. The molecular formula is C11H18N2. The smallest absolute Gasteiger partial charge is 0.0305 e. The van der Waals surface area contributed by atoms with Crippen molar-refractivity contribution in [2.24, 2.45) is 0 Å². The van der Waals surface area contributed by atoms with Crippen LogP contribution in [0, 0.1) is 0 Å². The van der Waals surface area contributed by atoms with Gasteiger partial charge in [0.25, 0.3) is 0 Å². The first-order chi connectivity index (χ1) is 6.11. The normalized spacial score (nSPS) is 11.2. The maximum atomic E-state index is 4.16. The highest BCUT2D eigenvalue weighted by Gasteiger charge is 2.06. The summed E-state index contributed by atoms with van der Waals surface area (Å²) in [5.41, 5.74) is 2.74. The van der Waals surface area contributed by atoms with Gasteiger partial charge in [0.1, 0.15) is 0 Å². The molecule has 0 unspecified atom stereocenters. The van der Waals surface area contributed by atoms with Crippen LogP contribution in [0.2, 0.25) is 0 Å². The number of pyridine rings is 1. The van der Waals surface area contributed by atoms with Gasteiger partial charge in [-0.2, -0.15) is 0 Å². The van der Waals surface area contributed by atoms with Crippen LogP contribution in [0.4, 0.5) is 0 Å². The van der Waals surface area contributed by atoms with E-state index in [1.54, 1.807) is 0 Å². The summed E-state index contributed by atoms with van der Waals surface area (Å²) >= 11 is 0. The Kier molecular flexibility index (Phi) is 3.43. The summed E-state index contributed by atoms with van der Waals surface area (Å²) in [6.45, 7) is 5.41. The van der Waals surface area contributed by atoms with E-state index in [0.29, 0.717) is 5.92 Å². The molecule has 0 aliphatic carbocycles. The van der Waals surface area contributed by atoms with Crippen molar-refractivity contribution in [3.05, 3.63) is 29.6 Å². The third-order valence-corrected chi connectivity index (χ3v) is 2.05. The molecule has 0 amide bonds. The summed E-state index contributed by atoms with van der Waals surface area (Å²) in [4.78, 5) is 6.34. The van der Waals surface area contributed by atoms with Gasteiger partial charge in [-0.25, -0.2) is 0 Å². The molecule has 1 rings (SSSR count). The lowest BCUT2D eigenvalue weighted by molar-refractivity contribution is 0.400. The molecule has 0 bridgehead atoms. The maximum Gasteiger partial charge on any atom is 0.0305 e. The van der Waals surface area contributed by atoms with E-state index in [2.05, 4.69) is 43.9 Å². The number of rotatable bonds is 3. The first-order valence-corrected chi connectivity index (χ1v) is 4.68. The molecule has 72 valence electrons. The van der Waals surface area contributed by atoms with Gasteiger partial charge in [-0.1, -0.05) is 13.8 Å². The van der Waals surface area contributed by atoms with Gasteiger partial charge >= 0.3 is 0 Å². The van der Waals surface area contributed by atoms with E-state index in [9.17, 15) is 0 Å². The van der Waals surface area contributed by atoms with Crippen molar-refractivity contribution in [3.63, 3.8) is 0 Å². The first kappa shape index (κ1) is 10.2. The second kappa shape index (κ2) is 4.38. The van der Waals surface area contributed by atoms with E-state index >= 15 is 0 Å². The Bertz CT molecular complexity index is 267. The lowest BCUT2D eigenvalue weighted by Gasteiger charge is -2.15. The number of hydrogen-bond acceptors (Lipinski definition) is 2. The van der Waals surface area contributed by atoms with Gasteiger partial charge in [0.2, 0.25) is 0 Å². The minimum absolute atomic E-state index is 0.559. The fraction of sp³-hybridized carbons (Fsp3) is 0.545. The van der Waals surface area contributed by atoms with Crippen molar-refractivity contribution in [1.82, 2.24) is 9.88 Å². The lowest BCUT2D eigenvalue weighted by Crippen LogP contribution is -2.12. The average Bonchev–Trinajstić information content (AvgIpc) is 2.03. The minimum atomic E-state index is 0.559. The Morgan fingerprint density at radius 1 is 1.38 bits per heavy atom. The van der Waals surface area contributed by atoms with Crippen LogP contribution in [0.15, 0.2) is 18.5 Å². The van der Waals surface area contributed by atoms with Crippen LogP contribution in [0.1, 0.15) is 30.9 Å². The molecule has 2 nitrogen and oxygen atoms in total. The van der Waals surface area contributed by atoms with Crippen LogP contribution in [-0.4, -0.2) is 24.0 Å². The Balaban J connectivity index is 2.91. The van der Waals surface area contributed by atoms with Gasteiger partial charge in [-0.3, -0.25) is 4.98 Å². The maximum absolute atomic E-state index is 4.16. The van der Waals surface area contributed by atoms with Gasteiger partial charge in [0, 0.05) is 18.9 Å². The van der Waals surface area contributed by atoms with Crippen LogP contribution in [0.5, 0.6) is 0 Å². The van der Waals surface area contributed by atoms with Crippen molar-refractivity contribution >= 4 is 0 Å². The summed E-state index contributed by atoms with van der Waals surface area (Å²) in [6.07, 6.45) is 3.84. The summed E-state index contributed by atoms with van der Waals surface area (Å²) < 4.78 is 0. The van der Waals surface area contributed by atoms with E-state index < -0.39 is 0 Å². The molecule has 1 aromatic heterocycles. The second-order valence-corrected chi connectivity index (χ2v) is 3.97. The quantitative estimate of drug-likeness (QED) is 0.706. The van der Waals surface area contributed by atoms with Gasteiger partial charge in [0.05, 0.1) is 0 Å². The molecule has 0 radical (unpaired) electrons. The Labute approximate surface area is 80.6 Å². The fourth-order valence-electron chi connectivity index (χ4n) is 1.44. The summed E-state index contributed by atoms with van der Waals surface area (Å²) in [6, 6.07) is 2.11. The fourth-order valence-corrected chi connectivity index (χ4v) is 1.44. The van der Waals surface area contributed by atoms with E-state index in [0.717, 1.165) is 6.54 Å². The zero-order chi connectivity index (χ0) is 9.84. The van der Waals surface area contributed by atoms with Crippen LogP contribution in [-0.2, 0) is 6.54 Å². The van der Waals surface area contributed by atoms with Crippen molar-refractivity contribution < 1.29 is 0 Å². The Morgan fingerprint density at radius 2 is 2.08 bits per heavy atom. The van der Waals surface area contributed by atoms with Gasteiger partial charge in [-0.15, -0.1) is 0 Å². The third kappa shape index (κ3) is 2.81. The molecule has 0 N–H and O–H groups in total. The molecule has 0 spiro atoms. The largest absolute Gasteiger partial charge is 0.305 e. The predicted molar refractivity (Wildman–Crippen MR) is 55.7 cm³/mol. The lowest BCUT2D eigenvalue weighted by atomic mass is 10.00. The topological polar surface area (TPSA) is 16.1 Å². The Hall–Kier alpha value is -0.890. The minimum Gasteiger partial charge on any atom is -0.305 e. The molecule has 0 saturated carbocycles. The molecule has 0 saturated heterocycles. The molecular weight excluding hydrogens is 160 g/mol. The molecule has 0 aliphatic rings. The second-order valence-electron chi connectivity index (χ2n) is 3.97. The SMILES string of the molecule is CC(C)c1cnccc1CN(C)C. The number of hydrogen-bond donors (Lipinski definition) is 0. The van der Waals surface area contributed by atoms with Crippen LogP contribution in [0.3, 0.4) is 0 Å². The van der Waals surface area contributed by atoms with Gasteiger partial charge in [-0.05, 0) is 37.2 Å². The van der Waals surface area contributed by atoms with E-state index in [4.69, 9.17) is 0 Å². The molecule has 2 heteroatoms. The van der Waals surface area contributed by atoms with Crippen LogP contribution >= 0.6 is 0 Å². The van der Waals surface area contributed by atoms with E-state index in [-0.39, 0.29) is 0 Å². The third-order valence-electron chi connectivity index (χ3n) is 2.05. The van der Waals surface area contributed by atoms with Crippen molar-refractivity contribution in [2.45, 2.75) is 26.3 Å². The van der Waals surface area contributed by atoms with Gasteiger partial charge in [0.15, 0.2) is 0 Å². The van der Waals surface area contributed by atoms with Crippen molar-refractivity contribution in [3.8, 4) is 0 Å². The average molecular weight is 178 g/mol. The van der Waals surface area contributed by atoms with E-state index in [1.807, 2.05) is 12.4 Å². The number of nitrogens with zero attached hydrogens (tertiary/aromatic N) is 2. The van der Waals surface area contributed by atoms with E-state index in [1.165, 1.54) is 11.1 Å². The van der Waals surface area contributed by atoms with Crippen LogP contribution < -0.4 is 0 Å². The summed E-state index contributed by atoms with van der Waals surface area (Å²) in [5, 5.41) is 0. The molecule has 0 aliphatic heterocycles. The van der Waals surface area contributed by atoms with Crippen LogP contribution in [0.25, 0.3) is 0 Å².